The molecule has 21 heavy (non-hydrogen) atoms. The lowest BCUT2D eigenvalue weighted by molar-refractivity contribution is -0.605. The van der Waals surface area contributed by atoms with Crippen LogP contribution in [-0.4, -0.2) is 31.4 Å². The molecule has 0 aliphatic rings. The molecule has 7 nitrogen and oxygen atoms in total. The van der Waals surface area contributed by atoms with E-state index in [-0.39, 0.29) is 18.8 Å². The number of hydrogen-bond donors (Lipinski definition) is 0. The summed E-state index contributed by atoms with van der Waals surface area (Å²) in [6, 6.07) is 2.86. The largest absolute Gasteiger partial charge is 0.619 e. The summed E-state index contributed by atoms with van der Waals surface area (Å²) in [6.45, 7) is 0.0600. The molecule has 0 amide bonds. The smallest absolute Gasteiger partial charge is 0.331 e. The lowest BCUT2D eigenvalue weighted by Crippen LogP contribution is -2.24. The van der Waals surface area contributed by atoms with Crippen LogP contribution in [0.15, 0.2) is 36.7 Å². The maximum absolute atomic E-state index is 11.7. The fraction of sp³-hybridized carbons (Fsp3) is 0.286. The van der Waals surface area contributed by atoms with Gasteiger partial charge in [-0.1, -0.05) is 0 Å². The molecule has 112 valence electrons. The summed E-state index contributed by atoms with van der Waals surface area (Å²) >= 11 is 0. The Morgan fingerprint density at radius 1 is 1.19 bits per heavy atom. The number of pyridine rings is 1. The molecule has 0 unspecified atom stereocenters. The van der Waals surface area contributed by atoms with Gasteiger partial charge in [0.1, 0.15) is 0 Å². The van der Waals surface area contributed by atoms with Crippen molar-refractivity contribution in [1.29, 1.82) is 0 Å². The van der Waals surface area contributed by atoms with Crippen molar-refractivity contribution in [3.63, 3.8) is 0 Å². The molecule has 0 fully saturated rings. The van der Waals surface area contributed by atoms with Crippen LogP contribution in [0.5, 0.6) is 0 Å². The Morgan fingerprint density at radius 3 is 2.43 bits per heavy atom. The van der Waals surface area contributed by atoms with Gasteiger partial charge in [0.15, 0.2) is 18.2 Å². The molecular formula is C14H15NO6. The molecule has 0 saturated heterocycles. The third kappa shape index (κ3) is 6.33. The molecule has 1 rings (SSSR count). The van der Waals surface area contributed by atoms with E-state index in [0.29, 0.717) is 16.7 Å². The van der Waals surface area contributed by atoms with E-state index in [1.165, 1.54) is 31.6 Å². The van der Waals surface area contributed by atoms with Crippen molar-refractivity contribution in [1.82, 2.24) is 0 Å². The average molecular weight is 293 g/mol. The molecule has 0 aliphatic heterocycles. The van der Waals surface area contributed by atoms with Crippen molar-refractivity contribution in [3.8, 4) is 0 Å². The third-order valence-corrected chi connectivity index (χ3v) is 2.47. The first-order valence-electron chi connectivity index (χ1n) is 6.17. The van der Waals surface area contributed by atoms with Crippen LogP contribution in [0.2, 0.25) is 0 Å². The second-order valence-corrected chi connectivity index (χ2v) is 4.00. The second-order valence-electron chi connectivity index (χ2n) is 4.00. The van der Waals surface area contributed by atoms with Crippen molar-refractivity contribution in [3.05, 3.63) is 47.4 Å². The lowest BCUT2D eigenvalue weighted by atomic mass is 10.1. The number of methoxy groups -OCH3 is 1. The zero-order valence-corrected chi connectivity index (χ0v) is 11.5. The fourth-order valence-electron chi connectivity index (χ4n) is 1.40. The van der Waals surface area contributed by atoms with E-state index >= 15 is 0 Å². The quantitative estimate of drug-likeness (QED) is 0.182. The highest BCUT2D eigenvalue weighted by Crippen LogP contribution is 2.03. The monoisotopic (exact) mass is 293 g/mol. The Balaban J connectivity index is 2.26. The van der Waals surface area contributed by atoms with E-state index in [9.17, 15) is 19.6 Å². The first kappa shape index (κ1) is 16.4. The zero-order valence-electron chi connectivity index (χ0n) is 11.5. The van der Waals surface area contributed by atoms with Crippen LogP contribution in [0, 0.1) is 5.21 Å². The predicted octanol–water partition coefficient (Wildman–Crippen LogP) is 0.555. The Kier molecular flexibility index (Phi) is 6.59. The summed E-state index contributed by atoms with van der Waals surface area (Å²) in [5.74, 6) is -1.47. The number of nitrogens with zero attached hydrogens (tertiary/aromatic N) is 1. The van der Waals surface area contributed by atoms with Gasteiger partial charge in [0.2, 0.25) is 0 Å². The summed E-state index contributed by atoms with van der Waals surface area (Å²) in [6.07, 6.45) is 4.93. The topological polar surface area (TPSA) is 96.6 Å². The van der Waals surface area contributed by atoms with Gasteiger partial charge in [-0.25, -0.2) is 9.59 Å². The fourth-order valence-corrected chi connectivity index (χ4v) is 1.40. The van der Waals surface area contributed by atoms with E-state index in [0.717, 1.165) is 12.2 Å². The standard InChI is InChI=1S/C14H15NO6/c1-20-13(17)4-5-14(18)21-10-2-3-12(16)11-6-8-15(19)9-7-11/h4-9H,2-3,10H2,1H3/b5-4+. The first-order valence-corrected chi connectivity index (χ1v) is 6.17. The minimum atomic E-state index is -0.681. The molecule has 0 spiro atoms. The van der Waals surface area contributed by atoms with Crippen LogP contribution < -0.4 is 4.73 Å². The lowest BCUT2D eigenvalue weighted by Gasteiger charge is -2.02. The SMILES string of the molecule is COC(=O)/C=C/C(=O)OCCCC(=O)c1cc[n+]([O-])cc1. The summed E-state index contributed by atoms with van der Waals surface area (Å²) < 4.78 is 9.70. The molecule has 7 heteroatoms. The molecule has 0 radical (unpaired) electrons. The van der Waals surface area contributed by atoms with Gasteiger partial charge in [-0.2, -0.15) is 4.73 Å². The van der Waals surface area contributed by atoms with Crippen molar-refractivity contribution >= 4 is 17.7 Å². The molecule has 0 atom stereocenters. The van der Waals surface area contributed by atoms with E-state index in [1.54, 1.807) is 0 Å². The van der Waals surface area contributed by atoms with Crippen LogP contribution in [0.3, 0.4) is 0 Å². The van der Waals surface area contributed by atoms with Crippen LogP contribution in [0.1, 0.15) is 23.2 Å². The number of rotatable bonds is 7. The molecule has 1 aromatic rings. The highest BCUT2D eigenvalue weighted by atomic mass is 16.5. The van der Waals surface area contributed by atoms with E-state index in [2.05, 4.69) is 4.74 Å². The minimum Gasteiger partial charge on any atom is -0.619 e. The molecule has 0 saturated carbocycles. The number of ketones is 1. The van der Waals surface area contributed by atoms with Crippen molar-refractivity contribution in [2.45, 2.75) is 12.8 Å². The number of carbonyl (C=O) groups is 3. The Hall–Kier alpha value is -2.70. The minimum absolute atomic E-state index is 0.0600. The maximum atomic E-state index is 11.7. The van der Waals surface area contributed by atoms with Crippen molar-refractivity contribution in [2.24, 2.45) is 0 Å². The molecule has 0 aromatic carbocycles. The van der Waals surface area contributed by atoms with Gasteiger partial charge in [0.05, 0.1) is 13.7 Å². The van der Waals surface area contributed by atoms with E-state index < -0.39 is 11.9 Å². The van der Waals surface area contributed by atoms with E-state index in [1.807, 2.05) is 0 Å². The van der Waals surface area contributed by atoms with Gasteiger partial charge in [-0.15, -0.1) is 0 Å². The van der Waals surface area contributed by atoms with Crippen molar-refractivity contribution < 1.29 is 28.6 Å². The first-order chi connectivity index (χ1) is 10.0. The Labute approximate surface area is 121 Å². The average Bonchev–Trinajstić information content (AvgIpc) is 2.49. The Bertz CT molecular complexity index is 535. The summed E-state index contributed by atoms with van der Waals surface area (Å²) in [5, 5.41) is 10.8. The van der Waals surface area contributed by atoms with Gasteiger partial charge < -0.3 is 14.7 Å². The van der Waals surface area contributed by atoms with Crippen LogP contribution in [-0.2, 0) is 19.1 Å². The number of carbonyl (C=O) groups excluding carboxylic acids is 3. The highest BCUT2D eigenvalue weighted by Gasteiger charge is 2.07. The zero-order chi connectivity index (χ0) is 15.7. The van der Waals surface area contributed by atoms with Crippen LogP contribution >= 0.6 is 0 Å². The van der Waals surface area contributed by atoms with Gasteiger partial charge in [0.25, 0.3) is 0 Å². The maximum Gasteiger partial charge on any atom is 0.331 e. The second kappa shape index (κ2) is 8.47. The van der Waals surface area contributed by atoms with Crippen molar-refractivity contribution in [2.75, 3.05) is 13.7 Å². The number of aromatic nitrogens is 1. The summed E-state index contributed by atoms with van der Waals surface area (Å²) in [5.41, 5.74) is 0.430. The number of ether oxygens (including phenoxy) is 2. The molecule has 0 aliphatic carbocycles. The molecular weight excluding hydrogens is 278 g/mol. The predicted molar refractivity (Wildman–Crippen MR) is 71.1 cm³/mol. The molecule has 0 bridgehead atoms. The van der Waals surface area contributed by atoms with Gasteiger partial charge in [0, 0.05) is 36.3 Å². The highest BCUT2D eigenvalue weighted by molar-refractivity contribution is 5.95. The molecule has 1 heterocycles. The van der Waals surface area contributed by atoms with Gasteiger partial charge in [-0.3, -0.25) is 4.79 Å². The third-order valence-electron chi connectivity index (χ3n) is 2.47. The van der Waals surface area contributed by atoms with Gasteiger partial charge >= 0.3 is 11.9 Å². The van der Waals surface area contributed by atoms with Gasteiger partial charge in [-0.05, 0) is 6.42 Å². The van der Waals surface area contributed by atoms with Crippen LogP contribution in [0.25, 0.3) is 0 Å². The van der Waals surface area contributed by atoms with E-state index in [4.69, 9.17) is 4.74 Å². The summed E-state index contributed by atoms with van der Waals surface area (Å²) in [7, 11) is 1.20. The Morgan fingerprint density at radius 2 is 1.81 bits per heavy atom. The number of hydrogen-bond acceptors (Lipinski definition) is 6. The summed E-state index contributed by atoms with van der Waals surface area (Å²) in [4.78, 5) is 33.6. The van der Waals surface area contributed by atoms with Crippen LogP contribution in [0.4, 0.5) is 0 Å². The number of esters is 2. The number of Topliss-reactive ketones (excluding diaryl/α,β-unsaturated/α-hetero) is 1. The molecule has 0 N–H and O–H groups in total. The normalized spacial score (nSPS) is 10.3. The molecule has 1 aromatic heterocycles.